The van der Waals surface area contributed by atoms with E-state index in [9.17, 15) is 4.79 Å². The van der Waals surface area contributed by atoms with E-state index < -0.39 is 0 Å². The Morgan fingerprint density at radius 3 is 2.56 bits per heavy atom. The molecule has 18 heavy (non-hydrogen) atoms. The molecule has 0 aliphatic heterocycles. The lowest BCUT2D eigenvalue weighted by atomic mass is 9.86. The first kappa shape index (κ1) is 13.1. The van der Waals surface area contributed by atoms with Gasteiger partial charge in [0, 0.05) is 6.04 Å². The normalized spacial score (nSPS) is 23.7. The van der Waals surface area contributed by atoms with Crippen LogP contribution in [0.5, 0.6) is 0 Å². The van der Waals surface area contributed by atoms with Crippen LogP contribution in [-0.4, -0.2) is 11.9 Å². The van der Waals surface area contributed by atoms with E-state index >= 15 is 0 Å². The fourth-order valence-corrected chi connectivity index (χ4v) is 2.68. The Bertz CT molecular complexity index is 396. The van der Waals surface area contributed by atoms with Crippen LogP contribution in [0.25, 0.3) is 0 Å². The van der Waals surface area contributed by atoms with Crippen molar-refractivity contribution >= 4 is 5.91 Å². The Morgan fingerprint density at radius 1 is 1.22 bits per heavy atom. The van der Waals surface area contributed by atoms with Gasteiger partial charge < -0.3 is 5.32 Å². The van der Waals surface area contributed by atoms with E-state index in [1.807, 2.05) is 12.1 Å². The molecule has 2 heteroatoms. The minimum absolute atomic E-state index is 0.164. The van der Waals surface area contributed by atoms with Crippen LogP contribution in [0.15, 0.2) is 24.3 Å². The summed E-state index contributed by atoms with van der Waals surface area (Å²) in [5.74, 6) is 0.790. The summed E-state index contributed by atoms with van der Waals surface area (Å²) in [4.78, 5) is 12.0. The van der Waals surface area contributed by atoms with Crippen LogP contribution in [0.2, 0.25) is 0 Å². The van der Waals surface area contributed by atoms with Crippen LogP contribution in [0.3, 0.4) is 0 Å². The lowest BCUT2D eigenvalue weighted by Gasteiger charge is -2.29. The molecule has 1 amide bonds. The van der Waals surface area contributed by atoms with Gasteiger partial charge in [-0.25, -0.2) is 0 Å². The number of hydrogen-bond acceptors (Lipinski definition) is 1. The van der Waals surface area contributed by atoms with Crippen molar-refractivity contribution in [3.05, 3.63) is 35.4 Å². The highest BCUT2D eigenvalue weighted by Crippen LogP contribution is 2.23. The van der Waals surface area contributed by atoms with Crippen molar-refractivity contribution in [2.75, 3.05) is 0 Å². The molecule has 2 atom stereocenters. The van der Waals surface area contributed by atoms with Gasteiger partial charge in [0.1, 0.15) is 0 Å². The maximum Gasteiger partial charge on any atom is 0.224 e. The van der Waals surface area contributed by atoms with Gasteiger partial charge in [-0.1, -0.05) is 49.6 Å². The van der Waals surface area contributed by atoms with Gasteiger partial charge in [0.05, 0.1) is 6.42 Å². The molecule has 0 saturated heterocycles. The third kappa shape index (κ3) is 3.59. The topological polar surface area (TPSA) is 29.1 Å². The first-order valence-electron chi connectivity index (χ1n) is 7.00. The molecule has 1 aliphatic carbocycles. The third-order valence-corrected chi connectivity index (χ3v) is 3.94. The number of hydrogen-bond donors (Lipinski definition) is 1. The van der Waals surface area contributed by atoms with E-state index in [0.29, 0.717) is 18.4 Å². The first-order valence-corrected chi connectivity index (χ1v) is 7.00. The molecular formula is C16H23NO. The number of benzene rings is 1. The van der Waals surface area contributed by atoms with E-state index in [1.165, 1.54) is 24.8 Å². The van der Waals surface area contributed by atoms with Gasteiger partial charge >= 0.3 is 0 Å². The van der Waals surface area contributed by atoms with Crippen molar-refractivity contribution in [2.24, 2.45) is 5.92 Å². The number of rotatable bonds is 3. The molecule has 1 aromatic rings. The Kier molecular flexibility index (Phi) is 4.40. The van der Waals surface area contributed by atoms with Gasteiger partial charge in [-0.15, -0.1) is 0 Å². The first-order chi connectivity index (χ1) is 8.65. The second-order valence-corrected chi connectivity index (χ2v) is 5.60. The predicted molar refractivity (Wildman–Crippen MR) is 74.4 cm³/mol. The molecule has 2 nitrogen and oxygen atoms in total. The number of aryl methyl sites for hydroxylation is 1. The maximum absolute atomic E-state index is 12.0. The second kappa shape index (κ2) is 6.03. The standard InChI is InChI=1S/C16H23NO/c1-12-7-9-14(10-8-12)11-16(18)17-15-6-4-3-5-13(15)2/h7-10,13,15H,3-6,11H2,1-2H3,(H,17,18)/t13-,15+/m1/s1. The zero-order valence-corrected chi connectivity index (χ0v) is 11.4. The summed E-state index contributed by atoms with van der Waals surface area (Å²) in [6.45, 7) is 4.31. The SMILES string of the molecule is Cc1ccc(CC(=O)N[C@H]2CCCC[C@H]2C)cc1. The lowest BCUT2D eigenvalue weighted by molar-refractivity contribution is -0.121. The number of nitrogens with one attached hydrogen (secondary N) is 1. The largest absolute Gasteiger partial charge is 0.353 e. The molecule has 1 saturated carbocycles. The maximum atomic E-state index is 12.0. The molecule has 0 radical (unpaired) electrons. The molecule has 0 spiro atoms. The van der Waals surface area contributed by atoms with E-state index in [1.54, 1.807) is 0 Å². The summed E-state index contributed by atoms with van der Waals surface area (Å²) < 4.78 is 0. The van der Waals surface area contributed by atoms with Gasteiger partial charge in [-0.2, -0.15) is 0 Å². The summed E-state index contributed by atoms with van der Waals surface area (Å²) >= 11 is 0. The summed E-state index contributed by atoms with van der Waals surface area (Å²) in [5.41, 5.74) is 2.33. The number of carbonyl (C=O) groups is 1. The molecule has 0 heterocycles. The van der Waals surface area contributed by atoms with Crippen LogP contribution in [0.1, 0.15) is 43.7 Å². The lowest BCUT2D eigenvalue weighted by Crippen LogP contribution is -2.41. The smallest absolute Gasteiger partial charge is 0.224 e. The van der Waals surface area contributed by atoms with Gasteiger partial charge in [0.2, 0.25) is 5.91 Å². The monoisotopic (exact) mass is 245 g/mol. The summed E-state index contributed by atoms with van der Waals surface area (Å²) in [6.07, 6.45) is 5.45. The summed E-state index contributed by atoms with van der Waals surface area (Å²) in [5, 5.41) is 3.19. The molecular weight excluding hydrogens is 222 g/mol. The fraction of sp³-hybridized carbons (Fsp3) is 0.562. The Morgan fingerprint density at radius 2 is 1.89 bits per heavy atom. The molecule has 1 aliphatic rings. The highest BCUT2D eigenvalue weighted by molar-refractivity contribution is 5.78. The van der Waals surface area contributed by atoms with Crippen molar-refractivity contribution < 1.29 is 4.79 Å². The molecule has 0 bridgehead atoms. The van der Waals surface area contributed by atoms with E-state index in [4.69, 9.17) is 0 Å². The Hall–Kier alpha value is -1.31. The van der Waals surface area contributed by atoms with Gasteiger partial charge in [0.15, 0.2) is 0 Å². The van der Waals surface area contributed by atoms with E-state index in [2.05, 4.69) is 31.3 Å². The highest BCUT2D eigenvalue weighted by Gasteiger charge is 2.22. The van der Waals surface area contributed by atoms with Crippen LogP contribution >= 0.6 is 0 Å². The zero-order chi connectivity index (χ0) is 13.0. The number of amides is 1. The average Bonchev–Trinajstić information content (AvgIpc) is 2.35. The minimum atomic E-state index is 0.164. The van der Waals surface area contributed by atoms with Crippen LogP contribution in [0.4, 0.5) is 0 Å². The van der Waals surface area contributed by atoms with Gasteiger partial charge in [0.25, 0.3) is 0 Å². The third-order valence-electron chi connectivity index (χ3n) is 3.94. The van der Waals surface area contributed by atoms with Gasteiger partial charge in [-0.05, 0) is 31.2 Å². The Labute approximate surface area is 110 Å². The molecule has 0 aromatic heterocycles. The van der Waals surface area contributed by atoms with Crippen molar-refractivity contribution in [1.82, 2.24) is 5.32 Å². The van der Waals surface area contributed by atoms with Crippen LogP contribution in [-0.2, 0) is 11.2 Å². The fourth-order valence-electron chi connectivity index (χ4n) is 2.68. The van der Waals surface area contributed by atoms with Crippen LogP contribution < -0.4 is 5.32 Å². The van der Waals surface area contributed by atoms with Crippen LogP contribution in [0, 0.1) is 12.8 Å². The van der Waals surface area contributed by atoms with Crippen molar-refractivity contribution in [3.8, 4) is 0 Å². The van der Waals surface area contributed by atoms with Crippen molar-refractivity contribution in [1.29, 1.82) is 0 Å². The van der Waals surface area contributed by atoms with Gasteiger partial charge in [-0.3, -0.25) is 4.79 Å². The molecule has 0 unspecified atom stereocenters. The summed E-state index contributed by atoms with van der Waals surface area (Å²) in [6, 6.07) is 8.59. The van der Waals surface area contributed by atoms with Crippen molar-refractivity contribution in [2.45, 2.75) is 52.0 Å². The Balaban J connectivity index is 1.86. The van der Waals surface area contributed by atoms with Crippen molar-refractivity contribution in [3.63, 3.8) is 0 Å². The number of carbonyl (C=O) groups excluding carboxylic acids is 1. The molecule has 1 aromatic carbocycles. The quantitative estimate of drug-likeness (QED) is 0.870. The van der Waals surface area contributed by atoms with E-state index in [0.717, 1.165) is 12.0 Å². The zero-order valence-electron chi connectivity index (χ0n) is 11.4. The van der Waals surface area contributed by atoms with E-state index in [-0.39, 0.29) is 5.91 Å². The second-order valence-electron chi connectivity index (χ2n) is 5.60. The minimum Gasteiger partial charge on any atom is -0.353 e. The average molecular weight is 245 g/mol. The molecule has 2 rings (SSSR count). The molecule has 1 fully saturated rings. The molecule has 98 valence electrons. The highest BCUT2D eigenvalue weighted by atomic mass is 16.1. The predicted octanol–water partition coefficient (Wildman–Crippen LogP) is 3.23. The molecule has 1 N–H and O–H groups in total. The summed E-state index contributed by atoms with van der Waals surface area (Å²) in [7, 11) is 0.